The highest BCUT2D eigenvalue weighted by molar-refractivity contribution is 6.30. The largest absolute Gasteiger partial charge is 0.336 e. The zero-order chi connectivity index (χ0) is 19.5. The minimum atomic E-state index is 0.0609. The van der Waals surface area contributed by atoms with Gasteiger partial charge in [0.25, 0.3) is 5.91 Å². The molecule has 2 heterocycles. The molecule has 4 rings (SSSR count). The summed E-state index contributed by atoms with van der Waals surface area (Å²) in [7, 11) is 0. The van der Waals surface area contributed by atoms with Crippen LogP contribution in [0.2, 0.25) is 5.02 Å². The van der Waals surface area contributed by atoms with Crippen LogP contribution in [0.5, 0.6) is 0 Å². The number of hydrogen-bond acceptors (Lipinski definition) is 3. The van der Waals surface area contributed by atoms with Gasteiger partial charge in [0.15, 0.2) is 0 Å². The van der Waals surface area contributed by atoms with Crippen molar-refractivity contribution in [2.45, 2.75) is 13.5 Å². The lowest BCUT2D eigenvalue weighted by atomic mass is 10.1. The van der Waals surface area contributed by atoms with Crippen molar-refractivity contribution in [1.29, 1.82) is 0 Å². The molecule has 0 unspecified atom stereocenters. The monoisotopic (exact) mass is 394 g/mol. The quantitative estimate of drug-likeness (QED) is 0.676. The molecule has 0 saturated carbocycles. The number of carbonyl (C=O) groups excluding carboxylic acids is 1. The first-order chi connectivity index (χ1) is 13.6. The molecular weight excluding hydrogens is 372 g/mol. The van der Waals surface area contributed by atoms with Crippen LogP contribution in [-0.4, -0.2) is 51.7 Å². The third-order valence-corrected chi connectivity index (χ3v) is 5.47. The Balaban J connectivity index is 1.39. The lowest BCUT2D eigenvalue weighted by Gasteiger charge is -2.34. The molecule has 1 fully saturated rings. The van der Waals surface area contributed by atoms with E-state index in [0.29, 0.717) is 5.56 Å². The van der Waals surface area contributed by atoms with Crippen LogP contribution in [0.25, 0.3) is 5.69 Å². The predicted octanol–water partition coefficient (Wildman–Crippen LogP) is 3.79. The Kier molecular flexibility index (Phi) is 5.46. The third-order valence-electron chi connectivity index (χ3n) is 5.22. The molecule has 0 spiro atoms. The van der Waals surface area contributed by atoms with E-state index in [1.165, 1.54) is 5.56 Å². The van der Waals surface area contributed by atoms with Crippen LogP contribution in [0.4, 0.5) is 0 Å². The van der Waals surface area contributed by atoms with E-state index in [9.17, 15) is 4.79 Å². The average Bonchev–Trinajstić information content (AvgIpc) is 3.12. The first-order valence-electron chi connectivity index (χ1n) is 9.48. The molecule has 2 aromatic carbocycles. The molecule has 1 aromatic heterocycles. The lowest BCUT2D eigenvalue weighted by Crippen LogP contribution is -2.48. The van der Waals surface area contributed by atoms with Crippen LogP contribution < -0.4 is 0 Å². The van der Waals surface area contributed by atoms with Gasteiger partial charge in [0, 0.05) is 37.7 Å². The van der Waals surface area contributed by atoms with Crippen LogP contribution in [0.15, 0.2) is 60.8 Å². The molecule has 6 heteroatoms. The molecule has 0 radical (unpaired) electrons. The molecular formula is C22H23ClN4O. The fraction of sp³-hybridized carbons (Fsp3) is 0.273. The summed E-state index contributed by atoms with van der Waals surface area (Å²) in [5.74, 6) is 0.0609. The highest BCUT2D eigenvalue weighted by Crippen LogP contribution is 2.18. The number of rotatable bonds is 4. The summed E-state index contributed by atoms with van der Waals surface area (Å²) in [5.41, 5.74) is 3.76. The van der Waals surface area contributed by atoms with Gasteiger partial charge in [-0.15, -0.1) is 0 Å². The van der Waals surface area contributed by atoms with Gasteiger partial charge in [0.1, 0.15) is 0 Å². The van der Waals surface area contributed by atoms with Crippen LogP contribution in [-0.2, 0) is 6.54 Å². The molecule has 28 heavy (non-hydrogen) atoms. The molecule has 3 aromatic rings. The summed E-state index contributed by atoms with van der Waals surface area (Å²) in [6.07, 6.45) is 1.69. The topological polar surface area (TPSA) is 41.4 Å². The second kappa shape index (κ2) is 8.17. The molecule has 144 valence electrons. The van der Waals surface area contributed by atoms with Crippen molar-refractivity contribution in [3.63, 3.8) is 0 Å². The Morgan fingerprint density at radius 3 is 2.36 bits per heavy atom. The van der Waals surface area contributed by atoms with Gasteiger partial charge in [-0.2, -0.15) is 5.10 Å². The van der Waals surface area contributed by atoms with Crippen molar-refractivity contribution in [1.82, 2.24) is 19.6 Å². The van der Waals surface area contributed by atoms with Crippen LogP contribution >= 0.6 is 11.6 Å². The van der Waals surface area contributed by atoms with E-state index < -0.39 is 0 Å². The predicted molar refractivity (Wildman–Crippen MR) is 111 cm³/mol. The van der Waals surface area contributed by atoms with Crippen molar-refractivity contribution in [2.75, 3.05) is 26.2 Å². The fourth-order valence-electron chi connectivity index (χ4n) is 3.58. The van der Waals surface area contributed by atoms with Gasteiger partial charge < -0.3 is 4.90 Å². The van der Waals surface area contributed by atoms with E-state index in [1.54, 1.807) is 6.20 Å². The van der Waals surface area contributed by atoms with Gasteiger partial charge in [-0.3, -0.25) is 9.69 Å². The molecule has 1 amide bonds. The Morgan fingerprint density at radius 2 is 1.68 bits per heavy atom. The Bertz CT molecular complexity index is 944. The molecule has 5 nitrogen and oxygen atoms in total. The lowest BCUT2D eigenvalue weighted by molar-refractivity contribution is 0.0627. The summed E-state index contributed by atoms with van der Waals surface area (Å²) in [6, 6.07) is 17.8. The minimum absolute atomic E-state index is 0.0609. The zero-order valence-electron chi connectivity index (χ0n) is 15.9. The fourth-order valence-corrected chi connectivity index (χ4v) is 3.70. The number of benzene rings is 2. The summed E-state index contributed by atoms with van der Waals surface area (Å²) in [5, 5.41) is 5.18. The van der Waals surface area contributed by atoms with Gasteiger partial charge in [-0.25, -0.2) is 4.68 Å². The standard InChI is InChI=1S/C22H23ClN4O/c1-17-21(15-24-27(17)20-5-3-2-4-6-20)22(28)26-13-11-25(12-14-26)16-18-7-9-19(23)10-8-18/h2-10,15H,11-14,16H2,1H3. The van der Waals surface area contributed by atoms with Crippen LogP contribution in [0.3, 0.4) is 0 Å². The molecule has 1 saturated heterocycles. The highest BCUT2D eigenvalue weighted by atomic mass is 35.5. The van der Waals surface area contributed by atoms with Crippen molar-refractivity contribution < 1.29 is 4.79 Å². The number of nitrogens with zero attached hydrogens (tertiary/aromatic N) is 4. The second-order valence-electron chi connectivity index (χ2n) is 7.09. The van der Waals surface area contributed by atoms with E-state index in [-0.39, 0.29) is 5.91 Å². The Hall–Kier alpha value is -2.63. The first-order valence-corrected chi connectivity index (χ1v) is 9.86. The van der Waals surface area contributed by atoms with Crippen molar-refractivity contribution in [3.05, 3.63) is 82.6 Å². The van der Waals surface area contributed by atoms with E-state index in [0.717, 1.165) is 49.1 Å². The second-order valence-corrected chi connectivity index (χ2v) is 7.52. The van der Waals surface area contributed by atoms with Gasteiger partial charge in [0.05, 0.1) is 23.1 Å². The summed E-state index contributed by atoms with van der Waals surface area (Å²) >= 11 is 5.96. The number of amides is 1. The number of aromatic nitrogens is 2. The third kappa shape index (κ3) is 3.96. The molecule has 0 bridgehead atoms. The summed E-state index contributed by atoms with van der Waals surface area (Å²) < 4.78 is 1.82. The minimum Gasteiger partial charge on any atom is -0.336 e. The number of para-hydroxylation sites is 1. The zero-order valence-corrected chi connectivity index (χ0v) is 16.6. The van der Waals surface area contributed by atoms with E-state index in [4.69, 9.17) is 11.6 Å². The van der Waals surface area contributed by atoms with Crippen molar-refractivity contribution in [2.24, 2.45) is 0 Å². The molecule has 1 aliphatic heterocycles. The SMILES string of the molecule is Cc1c(C(=O)N2CCN(Cc3ccc(Cl)cc3)CC2)cnn1-c1ccccc1. The maximum atomic E-state index is 13.0. The highest BCUT2D eigenvalue weighted by Gasteiger charge is 2.25. The molecule has 1 aliphatic rings. The Morgan fingerprint density at radius 1 is 1.00 bits per heavy atom. The van der Waals surface area contributed by atoms with Crippen LogP contribution in [0, 0.1) is 6.92 Å². The maximum absolute atomic E-state index is 13.0. The molecule has 0 N–H and O–H groups in total. The van der Waals surface area contributed by atoms with Crippen molar-refractivity contribution in [3.8, 4) is 5.69 Å². The smallest absolute Gasteiger partial charge is 0.257 e. The van der Waals surface area contributed by atoms with Crippen LogP contribution in [0.1, 0.15) is 21.6 Å². The first kappa shape index (κ1) is 18.7. The average molecular weight is 395 g/mol. The molecule has 0 atom stereocenters. The number of halogens is 1. The Labute approximate surface area is 170 Å². The number of carbonyl (C=O) groups is 1. The summed E-state index contributed by atoms with van der Waals surface area (Å²) in [6.45, 7) is 6.00. The van der Waals surface area contributed by atoms with Crippen molar-refractivity contribution >= 4 is 17.5 Å². The van der Waals surface area contributed by atoms with Gasteiger partial charge >= 0.3 is 0 Å². The summed E-state index contributed by atoms with van der Waals surface area (Å²) in [4.78, 5) is 17.3. The number of hydrogen-bond donors (Lipinski definition) is 0. The van der Waals surface area contributed by atoms with Gasteiger partial charge in [-0.1, -0.05) is 41.9 Å². The maximum Gasteiger partial charge on any atom is 0.257 e. The molecule has 0 aliphatic carbocycles. The van der Waals surface area contributed by atoms with E-state index >= 15 is 0 Å². The number of piperazine rings is 1. The normalized spacial score (nSPS) is 15.0. The van der Waals surface area contributed by atoms with E-state index in [2.05, 4.69) is 22.1 Å². The van der Waals surface area contributed by atoms with Gasteiger partial charge in [0.2, 0.25) is 0 Å². The van der Waals surface area contributed by atoms with E-state index in [1.807, 2.05) is 59.0 Å². The van der Waals surface area contributed by atoms with Gasteiger partial charge in [-0.05, 0) is 36.8 Å².